The van der Waals surface area contributed by atoms with Crippen LogP contribution in [-0.2, 0) is 9.53 Å². The first-order chi connectivity index (χ1) is 8.10. The summed E-state index contributed by atoms with van der Waals surface area (Å²) < 4.78 is 5.16. The third kappa shape index (κ3) is 10.3. The van der Waals surface area contributed by atoms with E-state index in [0.29, 0.717) is 12.3 Å². The highest BCUT2D eigenvalue weighted by Gasteiger charge is 2.05. The van der Waals surface area contributed by atoms with E-state index in [4.69, 9.17) is 4.74 Å². The number of hydrogen-bond acceptors (Lipinski definition) is 3. The van der Waals surface area contributed by atoms with Gasteiger partial charge in [-0.1, -0.05) is 27.7 Å². The fraction of sp³-hybridized carbons (Fsp3) is 0.923. The van der Waals surface area contributed by atoms with Crippen LogP contribution in [0.25, 0.3) is 0 Å². The molecule has 4 heteroatoms. The maximum absolute atomic E-state index is 10.6. The Hall–Kier alpha value is -0.610. The predicted octanol–water partition coefficient (Wildman–Crippen LogP) is 1.75. The summed E-state index contributed by atoms with van der Waals surface area (Å²) in [6.07, 6.45) is 0.590. The third-order valence-electron chi connectivity index (χ3n) is 2.58. The lowest BCUT2D eigenvalue weighted by molar-refractivity contribution is -0.120. The molecule has 0 spiro atoms. The fourth-order valence-corrected chi connectivity index (χ4v) is 1.36. The second-order valence-corrected chi connectivity index (χ2v) is 4.60. The Kier molecular flexibility index (Phi) is 10.2. The number of nitrogens with one attached hydrogen (secondary N) is 1. The highest BCUT2D eigenvalue weighted by molar-refractivity contribution is 5.75. The van der Waals surface area contributed by atoms with Crippen molar-refractivity contribution >= 4 is 5.91 Å². The van der Waals surface area contributed by atoms with Gasteiger partial charge < -0.3 is 10.1 Å². The summed E-state index contributed by atoms with van der Waals surface area (Å²) in [4.78, 5) is 13.0. The largest absolute Gasteiger partial charge is 0.379 e. The number of hydrogen-bond donors (Lipinski definition) is 1. The Morgan fingerprint density at radius 1 is 1.35 bits per heavy atom. The molecule has 0 aromatic carbocycles. The van der Waals surface area contributed by atoms with Crippen molar-refractivity contribution < 1.29 is 11.0 Å². The van der Waals surface area contributed by atoms with Crippen molar-refractivity contribution in [3.63, 3.8) is 0 Å². The van der Waals surface area contributed by atoms with Gasteiger partial charge in [-0.25, -0.2) is 0 Å². The lowest BCUT2D eigenvalue weighted by atomic mass is 10.2. The van der Waals surface area contributed by atoms with E-state index in [1.807, 2.05) is 6.92 Å². The van der Waals surface area contributed by atoms with E-state index >= 15 is 0 Å². The van der Waals surface area contributed by atoms with Crippen molar-refractivity contribution in [3.05, 3.63) is 0 Å². The molecule has 104 valence electrons. The van der Waals surface area contributed by atoms with Crippen LogP contribution in [0.1, 0.15) is 35.5 Å². The number of carbonyl (C=O) groups is 1. The second-order valence-electron chi connectivity index (χ2n) is 4.60. The fourth-order valence-electron chi connectivity index (χ4n) is 1.36. The lowest BCUT2D eigenvalue weighted by Gasteiger charge is -2.24. The van der Waals surface area contributed by atoms with E-state index < -0.39 is 0 Å². The first-order valence-electron chi connectivity index (χ1n) is 6.66. The smallest absolute Gasteiger partial charge is 0.219 e. The minimum absolute atomic E-state index is 0. The van der Waals surface area contributed by atoms with Gasteiger partial charge in [-0.15, -0.1) is 0 Å². The van der Waals surface area contributed by atoms with E-state index in [1.165, 1.54) is 6.54 Å². The van der Waals surface area contributed by atoms with Gasteiger partial charge in [0.05, 0.1) is 13.2 Å². The minimum Gasteiger partial charge on any atom is -0.379 e. The molecule has 1 N–H and O–H groups in total. The third-order valence-corrected chi connectivity index (χ3v) is 2.58. The molecule has 1 aliphatic rings. The molecule has 17 heavy (non-hydrogen) atoms. The van der Waals surface area contributed by atoms with Gasteiger partial charge in [-0.05, 0) is 12.5 Å². The normalized spacial score (nSPS) is 16.3. The Labute approximate surface area is 107 Å². The zero-order chi connectivity index (χ0) is 13.1. The van der Waals surface area contributed by atoms with Crippen molar-refractivity contribution in [1.29, 1.82) is 0 Å². The van der Waals surface area contributed by atoms with E-state index in [2.05, 4.69) is 31.0 Å². The molecule has 0 bridgehead atoms. The first-order valence-corrected chi connectivity index (χ1v) is 6.66. The van der Waals surface area contributed by atoms with Gasteiger partial charge >= 0.3 is 0 Å². The molecule has 0 unspecified atom stereocenters. The van der Waals surface area contributed by atoms with Crippen LogP contribution in [-0.4, -0.2) is 50.2 Å². The highest BCUT2D eigenvalue weighted by Crippen LogP contribution is 1.93. The molecule has 1 fully saturated rings. The van der Waals surface area contributed by atoms with Gasteiger partial charge in [0, 0.05) is 27.5 Å². The van der Waals surface area contributed by atoms with Crippen molar-refractivity contribution in [2.24, 2.45) is 5.92 Å². The zero-order valence-corrected chi connectivity index (χ0v) is 11.8. The number of amides is 1. The van der Waals surface area contributed by atoms with Gasteiger partial charge in [-0.2, -0.15) is 0 Å². The molecule has 0 saturated carbocycles. The van der Waals surface area contributed by atoms with Crippen molar-refractivity contribution in [3.8, 4) is 0 Å². The molecular formula is C13H30N2O2. The molecule has 0 radical (unpaired) electrons. The molecule has 0 atom stereocenters. The predicted molar refractivity (Wildman–Crippen MR) is 73.2 cm³/mol. The topological polar surface area (TPSA) is 41.6 Å². The number of morpholine rings is 1. The summed E-state index contributed by atoms with van der Waals surface area (Å²) in [5, 5.41) is 2.79. The SMILES string of the molecule is CCC(=O)NCC(C)C.CCN1CCOCC1.[HH]. The van der Waals surface area contributed by atoms with E-state index in [1.54, 1.807) is 0 Å². The van der Waals surface area contributed by atoms with Crippen LogP contribution in [0.2, 0.25) is 0 Å². The maximum atomic E-state index is 10.6. The Morgan fingerprint density at radius 3 is 2.29 bits per heavy atom. The molecule has 1 heterocycles. The lowest BCUT2D eigenvalue weighted by Crippen LogP contribution is -2.35. The summed E-state index contributed by atoms with van der Waals surface area (Å²) in [6, 6.07) is 0. The molecule has 0 aromatic heterocycles. The van der Waals surface area contributed by atoms with Crippen LogP contribution in [0.15, 0.2) is 0 Å². The van der Waals surface area contributed by atoms with Gasteiger partial charge in [0.2, 0.25) is 5.91 Å². The number of likely N-dealkylation sites (N-methyl/N-ethyl adjacent to an activating group) is 1. The summed E-state index contributed by atoms with van der Waals surface area (Å²) in [5.74, 6) is 0.698. The van der Waals surface area contributed by atoms with Gasteiger partial charge in [0.15, 0.2) is 0 Å². The molecule has 1 amide bonds. The Bertz CT molecular complexity index is 195. The second kappa shape index (κ2) is 10.5. The summed E-state index contributed by atoms with van der Waals surface area (Å²) >= 11 is 0. The van der Waals surface area contributed by atoms with E-state index in [9.17, 15) is 4.79 Å². The summed E-state index contributed by atoms with van der Waals surface area (Å²) in [5.41, 5.74) is 0. The van der Waals surface area contributed by atoms with Gasteiger partial charge in [-0.3, -0.25) is 9.69 Å². The number of carbonyl (C=O) groups excluding carboxylic acids is 1. The molecule has 1 saturated heterocycles. The van der Waals surface area contributed by atoms with Crippen LogP contribution >= 0.6 is 0 Å². The molecular weight excluding hydrogens is 216 g/mol. The van der Waals surface area contributed by atoms with Gasteiger partial charge in [0.25, 0.3) is 0 Å². The van der Waals surface area contributed by atoms with Crippen molar-refractivity contribution in [2.45, 2.75) is 34.1 Å². The van der Waals surface area contributed by atoms with Crippen LogP contribution in [0.4, 0.5) is 0 Å². The Morgan fingerprint density at radius 2 is 1.94 bits per heavy atom. The minimum atomic E-state index is 0. The van der Waals surface area contributed by atoms with Crippen LogP contribution in [0.5, 0.6) is 0 Å². The summed E-state index contributed by atoms with van der Waals surface area (Å²) in [6.45, 7) is 14.3. The van der Waals surface area contributed by atoms with Crippen molar-refractivity contribution in [2.75, 3.05) is 39.4 Å². The molecule has 1 aliphatic heterocycles. The van der Waals surface area contributed by atoms with Crippen LogP contribution in [0, 0.1) is 5.92 Å². The standard InChI is InChI=1S/C7H15NO.C6H13NO.H2/c1-4-7(9)8-5-6(2)3;1-2-7-3-5-8-6-4-7;/h6H,4-5H2,1-3H3,(H,8,9);2-6H2,1H3;1H. The van der Waals surface area contributed by atoms with E-state index in [-0.39, 0.29) is 7.33 Å². The average molecular weight is 246 g/mol. The highest BCUT2D eigenvalue weighted by atomic mass is 16.5. The molecule has 0 aliphatic carbocycles. The molecule has 0 aromatic rings. The number of rotatable bonds is 4. The summed E-state index contributed by atoms with van der Waals surface area (Å²) in [7, 11) is 0. The molecule has 1 rings (SSSR count). The van der Waals surface area contributed by atoms with Crippen molar-refractivity contribution in [1.82, 2.24) is 10.2 Å². The maximum Gasteiger partial charge on any atom is 0.219 e. The first kappa shape index (κ1) is 16.4. The monoisotopic (exact) mass is 246 g/mol. The molecule has 4 nitrogen and oxygen atoms in total. The van der Waals surface area contributed by atoms with Crippen LogP contribution < -0.4 is 5.32 Å². The van der Waals surface area contributed by atoms with E-state index in [0.717, 1.165) is 32.8 Å². The zero-order valence-electron chi connectivity index (χ0n) is 11.8. The average Bonchev–Trinajstić information content (AvgIpc) is 2.37. The number of nitrogens with zero attached hydrogens (tertiary/aromatic N) is 1. The number of ether oxygens (including phenoxy) is 1. The van der Waals surface area contributed by atoms with Gasteiger partial charge in [0.1, 0.15) is 0 Å². The Balaban J connectivity index is 0. The quantitative estimate of drug-likeness (QED) is 0.822. The van der Waals surface area contributed by atoms with Crippen LogP contribution in [0.3, 0.4) is 0 Å².